The van der Waals surface area contributed by atoms with E-state index in [2.05, 4.69) is 5.32 Å². The van der Waals surface area contributed by atoms with Gasteiger partial charge in [0.05, 0.1) is 4.91 Å². The molecule has 0 aromatic rings. The topological polar surface area (TPSA) is 53.0 Å². The first-order valence-electron chi connectivity index (χ1n) is 3.02. The van der Waals surface area contributed by atoms with Gasteiger partial charge >= 0.3 is 0 Å². The molecule has 0 aliphatic carbocycles. The monoisotopic (exact) mass is 156 g/mol. The fraction of sp³-hybridized carbons (Fsp3) is 0.333. The zero-order valence-electron chi connectivity index (χ0n) is 5.60. The molecule has 0 spiro atoms. The molecule has 0 atom stereocenters. The summed E-state index contributed by atoms with van der Waals surface area (Å²) >= 11 is 1.18. The maximum absolute atomic E-state index is 10.8. The Hall–Kier alpha value is -0.770. The van der Waals surface area contributed by atoms with E-state index in [1.807, 2.05) is 13.0 Å². The Morgan fingerprint density at radius 2 is 2.50 bits per heavy atom. The summed E-state index contributed by atoms with van der Waals surface area (Å²) in [5.41, 5.74) is 0. The van der Waals surface area contributed by atoms with Crippen LogP contribution in [0.1, 0.15) is 13.3 Å². The van der Waals surface area contributed by atoms with Crippen molar-refractivity contribution < 1.29 is 4.79 Å². The molecule has 0 radical (unpaired) electrons. The lowest BCUT2D eigenvalue weighted by Gasteiger charge is -1.85. The van der Waals surface area contributed by atoms with Crippen molar-refractivity contribution in [3.63, 3.8) is 0 Å². The molecule has 0 aromatic carbocycles. The minimum atomic E-state index is -0.142. The normalized spacial score (nSPS) is 21.9. The molecule has 1 rings (SSSR count). The van der Waals surface area contributed by atoms with Crippen molar-refractivity contribution in [3.8, 4) is 0 Å². The number of amidine groups is 1. The first-order valence-corrected chi connectivity index (χ1v) is 3.83. The fourth-order valence-corrected chi connectivity index (χ4v) is 1.42. The Balaban J connectivity index is 2.72. The van der Waals surface area contributed by atoms with E-state index in [1.54, 1.807) is 0 Å². The van der Waals surface area contributed by atoms with Crippen LogP contribution in [0, 0.1) is 5.41 Å². The van der Waals surface area contributed by atoms with Gasteiger partial charge < -0.3 is 5.32 Å². The summed E-state index contributed by atoms with van der Waals surface area (Å²) in [6.07, 6.45) is 2.66. The Morgan fingerprint density at radius 3 is 2.90 bits per heavy atom. The quantitative estimate of drug-likeness (QED) is 0.558. The summed E-state index contributed by atoms with van der Waals surface area (Å²) in [4.78, 5) is 11.5. The SMILES string of the molecule is CC/C=C1\SC(=N)NC1=O. The van der Waals surface area contributed by atoms with Gasteiger partial charge in [0.15, 0.2) is 5.17 Å². The number of carbonyl (C=O) groups excluding carboxylic acids is 1. The number of hydrogen-bond donors (Lipinski definition) is 2. The van der Waals surface area contributed by atoms with Crippen LogP contribution in [0.5, 0.6) is 0 Å². The van der Waals surface area contributed by atoms with E-state index in [4.69, 9.17) is 5.41 Å². The summed E-state index contributed by atoms with van der Waals surface area (Å²) in [7, 11) is 0. The summed E-state index contributed by atoms with van der Waals surface area (Å²) < 4.78 is 0. The van der Waals surface area contributed by atoms with Gasteiger partial charge in [-0.15, -0.1) is 0 Å². The smallest absolute Gasteiger partial charge is 0.263 e. The average Bonchev–Trinajstić information content (AvgIpc) is 2.13. The van der Waals surface area contributed by atoms with Crippen molar-refractivity contribution in [2.75, 3.05) is 0 Å². The van der Waals surface area contributed by atoms with Crippen LogP contribution in [0.3, 0.4) is 0 Å². The summed E-state index contributed by atoms with van der Waals surface area (Å²) in [5, 5.41) is 9.70. The number of amides is 1. The first kappa shape index (κ1) is 7.34. The molecule has 1 aliphatic rings. The highest BCUT2D eigenvalue weighted by Crippen LogP contribution is 2.22. The van der Waals surface area contributed by atoms with Crippen molar-refractivity contribution in [2.24, 2.45) is 0 Å². The molecule has 1 heterocycles. The fourth-order valence-electron chi connectivity index (χ4n) is 0.666. The Labute approximate surface area is 63.4 Å². The second-order valence-corrected chi connectivity index (χ2v) is 2.91. The Kier molecular flexibility index (Phi) is 2.11. The van der Waals surface area contributed by atoms with Crippen LogP contribution in [0.25, 0.3) is 0 Å². The third-order valence-corrected chi connectivity index (χ3v) is 1.93. The van der Waals surface area contributed by atoms with Crippen molar-refractivity contribution in [1.82, 2.24) is 5.32 Å². The van der Waals surface area contributed by atoms with Crippen molar-refractivity contribution >= 4 is 22.8 Å². The third-order valence-electron chi connectivity index (χ3n) is 1.05. The number of rotatable bonds is 1. The molecule has 1 saturated heterocycles. The molecular weight excluding hydrogens is 148 g/mol. The van der Waals surface area contributed by atoms with E-state index < -0.39 is 0 Å². The average molecular weight is 156 g/mol. The van der Waals surface area contributed by atoms with Gasteiger partial charge in [0.25, 0.3) is 5.91 Å². The van der Waals surface area contributed by atoms with Crippen LogP contribution < -0.4 is 5.32 Å². The molecule has 54 valence electrons. The van der Waals surface area contributed by atoms with E-state index in [0.29, 0.717) is 4.91 Å². The molecule has 1 amide bonds. The van der Waals surface area contributed by atoms with Crippen LogP contribution in [-0.4, -0.2) is 11.1 Å². The molecule has 0 bridgehead atoms. The van der Waals surface area contributed by atoms with Crippen molar-refractivity contribution in [3.05, 3.63) is 11.0 Å². The lowest BCUT2D eigenvalue weighted by Crippen LogP contribution is -2.18. The molecule has 0 aromatic heterocycles. The molecule has 1 fully saturated rings. The molecule has 2 N–H and O–H groups in total. The number of nitrogens with one attached hydrogen (secondary N) is 2. The number of hydrogen-bond acceptors (Lipinski definition) is 3. The minimum absolute atomic E-state index is 0.142. The largest absolute Gasteiger partial charge is 0.301 e. The van der Waals surface area contributed by atoms with Crippen LogP contribution in [0.2, 0.25) is 0 Å². The molecule has 0 saturated carbocycles. The lowest BCUT2D eigenvalue weighted by molar-refractivity contribution is -0.115. The predicted molar refractivity (Wildman–Crippen MR) is 41.8 cm³/mol. The van der Waals surface area contributed by atoms with Crippen LogP contribution >= 0.6 is 11.8 Å². The maximum atomic E-state index is 10.8. The summed E-state index contributed by atoms with van der Waals surface area (Å²) in [6, 6.07) is 0. The number of thioether (sulfide) groups is 1. The maximum Gasteiger partial charge on any atom is 0.263 e. The van der Waals surface area contributed by atoms with Gasteiger partial charge in [-0.3, -0.25) is 10.2 Å². The van der Waals surface area contributed by atoms with Gasteiger partial charge in [-0.25, -0.2) is 0 Å². The van der Waals surface area contributed by atoms with Gasteiger partial charge in [0, 0.05) is 0 Å². The van der Waals surface area contributed by atoms with Gasteiger partial charge in [0.2, 0.25) is 0 Å². The van der Waals surface area contributed by atoms with E-state index in [9.17, 15) is 4.79 Å². The van der Waals surface area contributed by atoms with E-state index >= 15 is 0 Å². The molecule has 10 heavy (non-hydrogen) atoms. The van der Waals surface area contributed by atoms with Gasteiger partial charge in [-0.05, 0) is 18.2 Å². The number of allylic oxidation sites excluding steroid dienone is 1. The van der Waals surface area contributed by atoms with Crippen molar-refractivity contribution in [1.29, 1.82) is 5.41 Å². The zero-order valence-corrected chi connectivity index (χ0v) is 6.42. The lowest BCUT2D eigenvalue weighted by atomic mass is 10.4. The molecular formula is C6H8N2OS. The second-order valence-electron chi connectivity index (χ2n) is 1.86. The van der Waals surface area contributed by atoms with Crippen LogP contribution in [-0.2, 0) is 4.79 Å². The Bertz CT molecular complexity index is 210. The highest BCUT2D eigenvalue weighted by molar-refractivity contribution is 8.18. The van der Waals surface area contributed by atoms with E-state index in [-0.39, 0.29) is 11.1 Å². The highest BCUT2D eigenvalue weighted by atomic mass is 32.2. The third kappa shape index (κ3) is 1.39. The van der Waals surface area contributed by atoms with Gasteiger partial charge in [-0.2, -0.15) is 0 Å². The second kappa shape index (κ2) is 2.88. The molecule has 0 unspecified atom stereocenters. The molecule has 3 nitrogen and oxygen atoms in total. The summed E-state index contributed by atoms with van der Waals surface area (Å²) in [5.74, 6) is -0.142. The van der Waals surface area contributed by atoms with Gasteiger partial charge in [-0.1, -0.05) is 13.0 Å². The number of carbonyl (C=O) groups is 1. The van der Waals surface area contributed by atoms with Crippen LogP contribution in [0.15, 0.2) is 11.0 Å². The van der Waals surface area contributed by atoms with Crippen LogP contribution in [0.4, 0.5) is 0 Å². The van der Waals surface area contributed by atoms with E-state index in [1.165, 1.54) is 11.8 Å². The minimum Gasteiger partial charge on any atom is -0.301 e. The van der Waals surface area contributed by atoms with Gasteiger partial charge in [0.1, 0.15) is 0 Å². The summed E-state index contributed by atoms with van der Waals surface area (Å²) in [6.45, 7) is 1.96. The first-order chi connectivity index (χ1) is 4.74. The zero-order chi connectivity index (χ0) is 7.56. The Morgan fingerprint density at radius 1 is 1.80 bits per heavy atom. The van der Waals surface area contributed by atoms with E-state index in [0.717, 1.165) is 6.42 Å². The molecule has 4 heteroatoms. The molecule has 1 aliphatic heterocycles. The standard InChI is InChI=1S/C6H8N2OS/c1-2-3-4-5(9)8-6(7)10-4/h3H,2H2,1H3,(H2,7,8,9)/b4-3-. The predicted octanol–water partition coefficient (Wildman–Crippen LogP) is 1.08. The van der Waals surface area contributed by atoms with Crippen molar-refractivity contribution in [2.45, 2.75) is 13.3 Å². The highest BCUT2D eigenvalue weighted by Gasteiger charge is 2.20.